The zero-order valence-electron chi connectivity index (χ0n) is 9.25. The van der Waals surface area contributed by atoms with Gasteiger partial charge in [0.2, 0.25) is 0 Å². The molecule has 0 aromatic carbocycles. The van der Waals surface area contributed by atoms with E-state index in [1.807, 2.05) is 26.8 Å². The van der Waals surface area contributed by atoms with Crippen molar-refractivity contribution in [2.45, 2.75) is 27.2 Å². The van der Waals surface area contributed by atoms with Gasteiger partial charge in [0, 0.05) is 6.07 Å². The quantitative estimate of drug-likeness (QED) is 0.793. The Morgan fingerprint density at radius 1 is 1.53 bits per heavy atom. The summed E-state index contributed by atoms with van der Waals surface area (Å²) in [6, 6.07) is 3.48. The molecule has 0 atom stereocenters. The second-order valence-corrected chi connectivity index (χ2v) is 2.87. The molecule has 1 aromatic heterocycles. The minimum atomic E-state index is 0.227. The van der Waals surface area contributed by atoms with Crippen molar-refractivity contribution in [3.63, 3.8) is 0 Å². The molecule has 0 saturated heterocycles. The summed E-state index contributed by atoms with van der Waals surface area (Å²) in [6.45, 7) is 6.64. The van der Waals surface area contributed by atoms with Gasteiger partial charge in [-0.2, -0.15) is 5.26 Å². The standard InChI is InChI=1S/C9H9ClN2O.C2H6/c1-2-3-13-7-4-8(10)9(5-11)12-6-7;1-2/h4,6H,2-3H2,1H3;1-2H3. The molecule has 0 N–H and O–H groups in total. The molecular weight excluding hydrogens is 212 g/mol. The monoisotopic (exact) mass is 226 g/mol. The predicted octanol–water partition coefficient (Wildman–Crippen LogP) is 3.42. The Hall–Kier alpha value is -1.27. The summed E-state index contributed by atoms with van der Waals surface area (Å²) in [6.07, 6.45) is 2.43. The number of aromatic nitrogens is 1. The number of hydrogen-bond acceptors (Lipinski definition) is 3. The molecule has 0 aliphatic rings. The Bertz CT molecular complexity index is 334. The maximum Gasteiger partial charge on any atom is 0.159 e. The molecule has 1 aromatic rings. The Labute approximate surface area is 95.7 Å². The fraction of sp³-hybridized carbons (Fsp3) is 0.455. The summed E-state index contributed by atoms with van der Waals surface area (Å²) in [7, 11) is 0. The van der Waals surface area contributed by atoms with Gasteiger partial charge in [-0.1, -0.05) is 32.4 Å². The van der Waals surface area contributed by atoms with Gasteiger partial charge in [0.15, 0.2) is 5.69 Å². The fourth-order valence-corrected chi connectivity index (χ4v) is 1.00. The SMILES string of the molecule is CC.CCCOc1cnc(C#N)c(Cl)c1. The Morgan fingerprint density at radius 2 is 2.20 bits per heavy atom. The first-order valence-electron chi connectivity index (χ1n) is 4.96. The van der Waals surface area contributed by atoms with E-state index >= 15 is 0 Å². The van der Waals surface area contributed by atoms with Crippen molar-refractivity contribution in [3.8, 4) is 11.8 Å². The van der Waals surface area contributed by atoms with Crippen LogP contribution < -0.4 is 4.74 Å². The van der Waals surface area contributed by atoms with Crippen molar-refractivity contribution in [1.82, 2.24) is 4.98 Å². The summed E-state index contributed by atoms with van der Waals surface area (Å²) in [5.74, 6) is 0.603. The molecule has 0 unspecified atom stereocenters. The first-order valence-corrected chi connectivity index (χ1v) is 5.34. The number of rotatable bonds is 3. The van der Waals surface area contributed by atoms with Gasteiger partial charge in [-0.05, 0) is 6.42 Å². The van der Waals surface area contributed by atoms with Crippen molar-refractivity contribution in [2.75, 3.05) is 6.61 Å². The first kappa shape index (κ1) is 13.7. The van der Waals surface area contributed by atoms with E-state index in [0.29, 0.717) is 17.4 Å². The number of ether oxygens (including phenoxy) is 1. The lowest BCUT2D eigenvalue weighted by molar-refractivity contribution is 0.316. The summed E-state index contributed by atoms with van der Waals surface area (Å²) in [5, 5.41) is 8.88. The summed E-state index contributed by atoms with van der Waals surface area (Å²) >= 11 is 5.74. The Morgan fingerprint density at radius 3 is 2.67 bits per heavy atom. The maximum absolute atomic E-state index is 8.55. The summed E-state index contributed by atoms with van der Waals surface area (Å²) < 4.78 is 5.28. The van der Waals surface area contributed by atoms with Crippen molar-refractivity contribution < 1.29 is 4.74 Å². The smallest absolute Gasteiger partial charge is 0.159 e. The zero-order valence-corrected chi connectivity index (χ0v) is 10.0. The third-order valence-electron chi connectivity index (χ3n) is 1.39. The third kappa shape index (κ3) is 4.66. The molecule has 0 fully saturated rings. The highest BCUT2D eigenvalue weighted by atomic mass is 35.5. The van der Waals surface area contributed by atoms with Gasteiger partial charge in [-0.3, -0.25) is 0 Å². The first-order chi connectivity index (χ1) is 7.27. The van der Waals surface area contributed by atoms with Crippen LogP contribution in [-0.2, 0) is 0 Å². The number of nitriles is 1. The summed E-state index contributed by atoms with van der Waals surface area (Å²) in [5.41, 5.74) is 0.227. The highest BCUT2D eigenvalue weighted by Gasteiger charge is 2.02. The van der Waals surface area contributed by atoms with Gasteiger partial charge in [0.05, 0.1) is 17.8 Å². The fourth-order valence-electron chi connectivity index (χ4n) is 0.801. The average molecular weight is 227 g/mol. The van der Waals surface area contributed by atoms with Crippen molar-refractivity contribution in [3.05, 3.63) is 23.0 Å². The van der Waals surface area contributed by atoms with Crippen molar-refractivity contribution in [1.29, 1.82) is 5.26 Å². The van der Waals surface area contributed by atoms with Crippen LogP contribution in [0.1, 0.15) is 32.9 Å². The van der Waals surface area contributed by atoms with E-state index < -0.39 is 0 Å². The Balaban J connectivity index is 0.000000921. The lowest BCUT2D eigenvalue weighted by atomic mass is 10.3. The number of nitrogens with zero attached hydrogens (tertiary/aromatic N) is 2. The Kier molecular flexibility index (Phi) is 7.39. The highest BCUT2D eigenvalue weighted by molar-refractivity contribution is 6.31. The molecule has 0 amide bonds. The van der Waals surface area contributed by atoms with Crippen molar-refractivity contribution >= 4 is 11.6 Å². The van der Waals surface area contributed by atoms with Crippen LogP contribution in [0.25, 0.3) is 0 Å². The van der Waals surface area contributed by atoms with Crippen LogP contribution in [0.5, 0.6) is 5.75 Å². The molecule has 0 aliphatic carbocycles. The van der Waals surface area contributed by atoms with Gasteiger partial charge >= 0.3 is 0 Å². The van der Waals surface area contributed by atoms with Gasteiger partial charge in [-0.15, -0.1) is 0 Å². The molecule has 1 heterocycles. The van der Waals surface area contributed by atoms with Crippen LogP contribution in [0.3, 0.4) is 0 Å². The normalized spacial score (nSPS) is 8.47. The minimum Gasteiger partial charge on any atom is -0.492 e. The van der Waals surface area contributed by atoms with Gasteiger partial charge in [0.25, 0.3) is 0 Å². The number of halogens is 1. The molecule has 0 aliphatic heterocycles. The van der Waals surface area contributed by atoms with Crippen LogP contribution in [0.15, 0.2) is 12.3 Å². The molecule has 1 rings (SSSR count). The largest absolute Gasteiger partial charge is 0.492 e. The second kappa shape index (κ2) is 8.07. The minimum absolute atomic E-state index is 0.227. The molecule has 0 radical (unpaired) electrons. The van der Waals surface area contributed by atoms with E-state index in [0.717, 1.165) is 6.42 Å². The van der Waals surface area contributed by atoms with Crippen LogP contribution in [0, 0.1) is 11.3 Å². The lowest BCUT2D eigenvalue weighted by Gasteiger charge is -2.03. The topological polar surface area (TPSA) is 45.9 Å². The van der Waals surface area contributed by atoms with Crippen LogP contribution in [0.4, 0.5) is 0 Å². The van der Waals surface area contributed by atoms with E-state index in [-0.39, 0.29) is 5.69 Å². The van der Waals surface area contributed by atoms with Crippen LogP contribution >= 0.6 is 11.6 Å². The van der Waals surface area contributed by atoms with Crippen LogP contribution in [0.2, 0.25) is 5.02 Å². The van der Waals surface area contributed by atoms with Crippen LogP contribution in [-0.4, -0.2) is 11.6 Å². The molecule has 82 valence electrons. The highest BCUT2D eigenvalue weighted by Crippen LogP contribution is 2.19. The third-order valence-corrected chi connectivity index (χ3v) is 1.68. The van der Waals surface area contributed by atoms with E-state index in [1.165, 1.54) is 6.20 Å². The average Bonchev–Trinajstić information content (AvgIpc) is 2.29. The van der Waals surface area contributed by atoms with E-state index in [4.69, 9.17) is 21.6 Å². The molecular formula is C11H15ClN2O. The van der Waals surface area contributed by atoms with Crippen molar-refractivity contribution in [2.24, 2.45) is 0 Å². The van der Waals surface area contributed by atoms with Gasteiger partial charge in [0.1, 0.15) is 11.8 Å². The maximum atomic E-state index is 8.55. The molecule has 0 bridgehead atoms. The zero-order chi connectivity index (χ0) is 11.7. The van der Waals surface area contributed by atoms with E-state index in [9.17, 15) is 0 Å². The summed E-state index contributed by atoms with van der Waals surface area (Å²) in [4.78, 5) is 3.83. The molecule has 3 nitrogen and oxygen atoms in total. The molecule has 15 heavy (non-hydrogen) atoms. The molecule has 4 heteroatoms. The molecule has 0 spiro atoms. The van der Waals surface area contributed by atoms with E-state index in [1.54, 1.807) is 6.07 Å². The second-order valence-electron chi connectivity index (χ2n) is 2.46. The predicted molar refractivity (Wildman–Crippen MR) is 61.1 cm³/mol. The van der Waals surface area contributed by atoms with Gasteiger partial charge in [-0.25, -0.2) is 4.98 Å². The number of hydrogen-bond donors (Lipinski definition) is 0. The van der Waals surface area contributed by atoms with E-state index in [2.05, 4.69) is 4.98 Å². The lowest BCUT2D eigenvalue weighted by Crippen LogP contribution is -1.96. The number of pyridine rings is 1. The molecule has 0 saturated carbocycles. The van der Waals surface area contributed by atoms with Gasteiger partial charge < -0.3 is 4.74 Å².